The Balaban J connectivity index is 1.03. The van der Waals surface area contributed by atoms with Gasteiger partial charge in [0.25, 0.3) is 0 Å². The van der Waals surface area contributed by atoms with E-state index in [2.05, 4.69) is 43.7 Å². The van der Waals surface area contributed by atoms with Gasteiger partial charge in [-0.1, -0.05) is 42.1 Å². The Morgan fingerprint density at radius 3 is 2.26 bits per heavy atom. The first kappa shape index (κ1) is 23.4. The maximum Gasteiger partial charge on any atom is 0.191 e. The van der Waals surface area contributed by atoms with Crippen LogP contribution < -0.4 is 4.90 Å². The van der Waals surface area contributed by atoms with Crippen LogP contribution in [0.4, 0.5) is 10.1 Å². The van der Waals surface area contributed by atoms with Crippen LogP contribution in [-0.2, 0) is 7.05 Å². The van der Waals surface area contributed by atoms with Crippen LogP contribution in [-0.4, -0.2) is 58.1 Å². The molecule has 0 N–H and O–H groups in total. The van der Waals surface area contributed by atoms with Crippen LogP contribution in [0, 0.1) is 11.2 Å². The normalized spacial score (nSPS) is 18.5. The minimum absolute atomic E-state index is 0.156. The van der Waals surface area contributed by atoms with E-state index >= 15 is 0 Å². The lowest BCUT2D eigenvalue weighted by atomic mass is 9.71. The van der Waals surface area contributed by atoms with Gasteiger partial charge in [0.05, 0.1) is 0 Å². The Hall–Kier alpha value is -2.38. The minimum atomic E-state index is -0.156. The van der Waals surface area contributed by atoms with E-state index in [0.717, 1.165) is 47.6 Å². The fraction of sp³-hybridized carbons (Fsp3) is 0.481. The van der Waals surface area contributed by atoms with Gasteiger partial charge in [0.1, 0.15) is 5.82 Å². The van der Waals surface area contributed by atoms with E-state index in [1.54, 1.807) is 23.9 Å². The summed E-state index contributed by atoms with van der Waals surface area (Å²) in [6.45, 7) is 5.76. The first-order chi connectivity index (χ1) is 16.6. The zero-order valence-electron chi connectivity index (χ0n) is 20.0. The molecular formula is C27H34FN5S. The number of hydrogen-bond acceptors (Lipinski definition) is 5. The third-order valence-corrected chi connectivity index (χ3v) is 8.76. The van der Waals surface area contributed by atoms with E-state index < -0.39 is 0 Å². The molecule has 2 saturated heterocycles. The first-order valence-electron chi connectivity index (χ1n) is 12.4. The van der Waals surface area contributed by atoms with E-state index in [0.29, 0.717) is 5.41 Å². The molecule has 0 aliphatic carbocycles. The first-order valence-corrected chi connectivity index (χ1v) is 13.4. The van der Waals surface area contributed by atoms with E-state index in [9.17, 15) is 4.39 Å². The largest absolute Gasteiger partial charge is 0.371 e. The van der Waals surface area contributed by atoms with Gasteiger partial charge in [0.15, 0.2) is 11.0 Å². The molecule has 0 radical (unpaired) electrons. The smallest absolute Gasteiger partial charge is 0.191 e. The molecule has 0 unspecified atom stereocenters. The van der Waals surface area contributed by atoms with Gasteiger partial charge in [0, 0.05) is 37.1 Å². The van der Waals surface area contributed by atoms with Crippen molar-refractivity contribution in [1.82, 2.24) is 19.7 Å². The summed E-state index contributed by atoms with van der Waals surface area (Å²) in [7, 11) is 2.05. The highest BCUT2D eigenvalue weighted by atomic mass is 32.2. The molecule has 1 spiro atoms. The Morgan fingerprint density at radius 1 is 0.882 bits per heavy atom. The molecule has 180 valence electrons. The second-order valence-electron chi connectivity index (χ2n) is 9.74. The lowest BCUT2D eigenvalue weighted by Crippen LogP contribution is -2.47. The number of piperidine rings is 2. The van der Waals surface area contributed by atoms with Crippen LogP contribution in [0.3, 0.4) is 0 Å². The van der Waals surface area contributed by atoms with E-state index in [1.165, 1.54) is 45.2 Å². The zero-order valence-corrected chi connectivity index (χ0v) is 20.8. The molecule has 0 bridgehead atoms. The molecule has 2 aromatic carbocycles. The SMILES string of the molecule is Cn1c(SCCCN2CCC3(CC2)CCN(c2ccc(F)cc2)CC3)nnc1-c1ccccc1. The number of rotatable bonds is 7. The van der Waals surface area contributed by atoms with Gasteiger partial charge < -0.3 is 14.4 Å². The van der Waals surface area contributed by atoms with Gasteiger partial charge >= 0.3 is 0 Å². The third-order valence-electron chi connectivity index (χ3n) is 7.65. The molecular weight excluding hydrogens is 445 g/mol. The highest BCUT2D eigenvalue weighted by Crippen LogP contribution is 2.42. The second-order valence-corrected chi connectivity index (χ2v) is 10.8. The van der Waals surface area contributed by atoms with Crippen molar-refractivity contribution in [2.24, 2.45) is 12.5 Å². The summed E-state index contributed by atoms with van der Waals surface area (Å²) in [6, 6.07) is 17.2. The summed E-state index contributed by atoms with van der Waals surface area (Å²) in [5, 5.41) is 9.79. The summed E-state index contributed by atoms with van der Waals surface area (Å²) in [6.07, 6.45) is 6.29. The number of benzene rings is 2. The zero-order chi connectivity index (χ0) is 23.4. The molecule has 1 aromatic heterocycles. The van der Waals surface area contributed by atoms with E-state index in [1.807, 2.05) is 30.3 Å². The van der Waals surface area contributed by atoms with Crippen LogP contribution >= 0.6 is 11.8 Å². The van der Waals surface area contributed by atoms with Crippen LogP contribution in [0.1, 0.15) is 32.1 Å². The Kier molecular flexibility index (Phi) is 7.21. The van der Waals surface area contributed by atoms with Crippen LogP contribution in [0.15, 0.2) is 59.8 Å². The lowest BCUT2D eigenvalue weighted by Gasteiger charge is -2.47. The standard InChI is InChI=1S/C27H34FN5S/c1-31-25(22-6-3-2-4-7-22)29-30-26(31)34-21-5-16-32-17-12-27(13-18-32)14-19-33(20-15-27)24-10-8-23(28)9-11-24/h2-4,6-11H,5,12-21H2,1H3. The van der Waals surface area contributed by atoms with Crippen molar-refractivity contribution in [2.75, 3.05) is 43.4 Å². The molecule has 2 aliphatic heterocycles. The van der Waals surface area contributed by atoms with Crippen LogP contribution in [0.2, 0.25) is 0 Å². The van der Waals surface area contributed by atoms with Crippen molar-refractivity contribution < 1.29 is 4.39 Å². The summed E-state index contributed by atoms with van der Waals surface area (Å²) in [4.78, 5) is 5.06. The van der Waals surface area contributed by atoms with Gasteiger partial charge in [-0.15, -0.1) is 10.2 Å². The predicted octanol–water partition coefficient (Wildman–Crippen LogP) is 5.49. The van der Waals surface area contributed by atoms with Crippen molar-refractivity contribution in [3.63, 3.8) is 0 Å². The highest BCUT2D eigenvalue weighted by molar-refractivity contribution is 7.99. The van der Waals surface area contributed by atoms with Gasteiger partial charge in [-0.2, -0.15) is 0 Å². The number of nitrogens with zero attached hydrogens (tertiary/aromatic N) is 5. The van der Waals surface area contributed by atoms with Crippen molar-refractivity contribution >= 4 is 17.4 Å². The second kappa shape index (κ2) is 10.5. The summed E-state index contributed by atoms with van der Waals surface area (Å²) < 4.78 is 15.3. The predicted molar refractivity (Wildman–Crippen MR) is 138 cm³/mol. The molecule has 0 atom stereocenters. The average Bonchev–Trinajstić information content (AvgIpc) is 3.25. The number of aromatic nitrogens is 3. The molecule has 5 rings (SSSR count). The van der Waals surface area contributed by atoms with Crippen molar-refractivity contribution in [3.8, 4) is 11.4 Å². The van der Waals surface area contributed by atoms with Crippen molar-refractivity contribution in [3.05, 3.63) is 60.4 Å². The van der Waals surface area contributed by atoms with E-state index in [4.69, 9.17) is 0 Å². The van der Waals surface area contributed by atoms with Gasteiger partial charge in [-0.05, 0) is 81.4 Å². The molecule has 0 amide bonds. The molecule has 3 aromatic rings. The monoisotopic (exact) mass is 479 g/mol. The highest BCUT2D eigenvalue weighted by Gasteiger charge is 2.37. The number of halogens is 1. The summed E-state index contributed by atoms with van der Waals surface area (Å²) in [5.74, 6) is 1.83. The number of thioether (sulfide) groups is 1. The quantitative estimate of drug-likeness (QED) is 0.331. The van der Waals surface area contributed by atoms with E-state index in [-0.39, 0.29) is 5.82 Å². The minimum Gasteiger partial charge on any atom is -0.371 e. The molecule has 3 heterocycles. The number of anilines is 1. The van der Waals surface area contributed by atoms with Crippen molar-refractivity contribution in [2.45, 2.75) is 37.3 Å². The fourth-order valence-electron chi connectivity index (χ4n) is 5.37. The molecule has 34 heavy (non-hydrogen) atoms. The molecule has 0 saturated carbocycles. The van der Waals surface area contributed by atoms with Gasteiger partial charge in [0.2, 0.25) is 0 Å². The maximum atomic E-state index is 13.2. The van der Waals surface area contributed by atoms with Crippen LogP contribution in [0.25, 0.3) is 11.4 Å². The number of hydrogen-bond donors (Lipinski definition) is 0. The number of likely N-dealkylation sites (tertiary alicyclic amines) is 1. The lowest BCUT2D eigenvalue weighted by molar-refractivity contribution is 0.0802. The molecule has 7 heteroatoms. The molecule has 2 fully saturated rings. The van der Waals surface area contributed by atoms with Crippen molar-refractivity contribution in [1.29, 1.82) is 0 Å². The topological polar surface area (TPSA) is 37.2 Å². The maximum absolute atomic E-state index is 13.2. The Bertz CT molecular complexity index is 1050. The Labute approximate surface area is 206 Å². The third kappa shape index (κ3) is 5.31. The average molecular weight is 480 g/mol. The van der Waals surface area contributed by atoms with Crippen LogP contribution in [0.5, 0.6) is 0 Å². The van der Waals surface area contributed by atoms with Gasteiger partial charge in [-0.3, -0.25) is 0 Å². The molecule has 2 aliphatic rings. The summed E-state index contributed by atoms with van der Waals surface area (Å²) in [5.41, 5.74) is 2.77. The summed E-state index contributed by atoms with van der Waals surface area (Å²) >= 11 is 1.81. The van der Waals surface area contributed by atoms with Gasteiger partial charge in [-0.25, -0.2) is 4.39 Å². The molecule has 5 nitrogen and oxygen atoms in total. The Morgan fingerprint density at radius 2 is 1.56 bits per heavy atom. The fourth-order valence-corrected chi connectivity index (χ4v) is 6.21.